The highest BCUT2D eigenvalue weighted by Gasteiger charge is 2.28. The van der Waals surface area contributed by atoms with Crippen LogP contribution in [-0.4, -0.2) is 21.7 Å². The number of aliphatic carboxylic acids is 1. The summed E-state index contributed by atoms with van der Waals surface area (Å²) in [6, 6.07) is 10.5. The van der Waals surface area contributed by atoms with Crippen LogP contribution >= 0.6 is 0 Å². The number of aromatic hydroxyl groups is 1. The van der Waals surface area contributed by atoms with E-state index < -0.39 is 11.5 Å². The highest BCUT2D eigenvalue weighted by Crippen LogP contribution is 2.29. The molecule has 2 aromatic carbocycles. The molecule has 0 radical (unpaired) electrons. The third-order valence-electron chi connectivity index (χ3n) is 3.70. The van der Waals surface area contributed by atoms with Crippen LogP contribution in [0, 0.1) is 13.8 Å². The van der Waals surface area contributed by atoms with Crippen LogP contribution in [0.15, 0.2) is 36.4 Å². The van der Waals surface area contributed by atoms with Gasteiger partial charge < -0.3 is 20.7 Å². The van der Waals surface area contributed by atoms with Crippen molar-refractivity contribution in [3.8, 4) is 17.2 Å². The van der Waals surface area contributed by atoms with Gasteiger partial charge >= 0.3 is 5.97 Å². The van der Waals surface area contributed by atoms with Crippen molar-refractivity contribution in [3.63, 3.8) is 0 Å². The molecule has 0 aromatic heterocycles. The number of phenolic OH excluding ortho intramolecular Hbond substituents is 1. The van der Waals surface area contributed by atoms with E-state index in [9.17, 15) is 9.90 Å². The van der Waals surface area contributed by atoms with Crippen LogP contribution < -0.4 is 10.5 Å². The molecule has 0 fully saturated rings. The Hall–Kier alpha value is -2.53. The summed E-state index contributed by atoms with van der Waals surface area (Å²) in [5.74, 6) is 0.494. The third-order valence-corrected chi connectivity index (χ3v) is 3.70. The van der Waals surface area contributed by atoms with E-state index in [4.69, 9.17) is 15.6 Å². The Balaban J connectivity index is 2.19. The molecule has 122 valence electrons. The van der Waals surface area contributed by atoms with E-state index in [1.807, 2.05) is 19.1 Å². The van der Waals surface area contributed by atoms with E-state index in [0.717, 1.165) is 16.7 Å². The minimum absolute atomic E-state index is 0.223. The number of ether oxygens (including phenoxy) is 1. The molecule has 0 saturated carbocycles. The second-order valence-electron chi connectivity index (χ2n) is 6.05. The van der Waals surface area contributed by atoms with Gasteiger partial charge in [0.1, 0.15) is 22.8 Å². The first kappa shape index (κ1) is 16.8. The normalized spacial score (nSPS) is 13.4. The molecule has 0 spiro atoms. The van der Waals surface area contributed by atoms with Gasteiger partial charge in [0.2, 0.25) is 0 Å². The molecule has 0 amide bonds. The fraction of sp³-hybridized carbons (Fsp3) is 0.278. The number of carboxylic acids is 1. The summed E-state index contributed by atoms with van der Waals surface area (Å²) in [5.41, 5.74) is 6.93. The van der Waals surface area contributed by atoms with Gasteiger partial charge in [0.05, 0.1) is 0 Å². The Morgan fingerprint density at radius 2 is 1.87 bits per heavy atom. The van der Waals surface area contributed by atoms with Crippen molar-refractivity contribution in [2.45, 2.75) is 32.7 Å². The van der Waals surface area contributed by atoms with Crippen LogP contribution in [0.25, 0.3) is 0 Å². The maximum Gasteiger partial charge on any atom is 0.323 e. The van der Waals surface area contributed by atoms with Crippen molar-refractivity contribution in [2.75, 3.05) is 0 Å². The topological polar surface area (TPSA) is 92.8 Å². The molecule has 1 unspecified atom stereocenters. The number of nitrogens with two attached hydrogens (primary N) is 1. The van der Waals surface area contributed by atoms with E-state index in [1.54, 1.807) is 31.2 Å². The number of aryl methyl sites for hydroxylation is 2. The Labute approximate surface area is 135 Å². The lowest BCUT2D eigenvalue weighted by atomic mass is 9.93. The largest absolute Gasteiger partial charge is 0.508 e. The summed E-state index contributed by atoms with van der Waals surface area (Å²) in [4.78, 5) is 11.1. The number of carbonyl (C=O) groups is 1. The lowest BCUT2D eigenvalue weighted by molar-refractivity contribution is -0.142. The van der Waals surface area contributed by atoms with Gasteiger partial charge in [0.15, 0.2) is 0 Å². The first-order chi connectivity index (χ1) is 10.7. The Bertz CT molecular complexity index is 738. The predicted octanol–water partition coefficient (Wildman–Crippen LogP) is 3.15. The van der Waals surface area contributed by atoms with Gasteiger partial charge in [0, 0.05) is 6.42 Å². The van der Waals surface area contributed by atoms with E-state index in [2.05, 4.69) is 0 Å². The first-order valence-corrected chi connectivity index (χ1v) is 7.28. The fourth-order valence-corrected chi connectivity index (χ4v) is 2.25. The zero-order chi connectivity index (χ0) is 17.2. The Morgan fingerprint density at radius 1 is 1.17 bits per heavy atom. The highest BCUT2D eigenvalue weighted by atomic mass is 16.5. The molecule has 23 heavy (non-hydrogen) atoms. The highest BCUT2D eigenvalue weighted by molar-refractivity contribution is 5.78. The monoisotopic (exact) mass is 315 g/mol. The second-order valence-corrected chi connectivity index (χ2v) is 6.05. The van der Waals surface area contributed by atoms with Gasteiger partial charge in [-0.15, -0.1) is 0 Å². The molecule has 0 heterocycles. The smallest absolute Gasteiger partial charge is 0.323 e. The van der Waals surface area contributed by atoms with E-state index in [-0.39, 0.29) is 12.2 Å². The van der Waals surface area contributed by atoms with Crippen molar-refractivity contribution in [1.82, 2.24) is 0 Å². The summed E-state index contributed by atoms with van der Waals surface area (Å²) in [6.45, 7) is 5.18. The third kappa shape index (κ3) is 4.02. The molecule has 0 bridgehead atoms. The van der Waals surface area contributed by atoms with Gasteiger partial charge in [-0.05, 0) is 61.7 Å². The van der Waals surface area contributed by atoms with E-state index in [1.165, 1.54) is 6.92 Å². The zero-order valence-electron chi connectivity index (χ0n) is 13.5. The molecule has 5 heteroatoms. The molecule has 1 atom stereocenters. The number of phenols is 1. The van der Waals surface area contributed by atoms with Crippen molar-refractivity contribution < 1.29 is 19.7 Å². The molecule has 0 saturated heterocycles. The van der Waals surface area contributed by atoms with Crippen LogP contribution in [-0.2, 0) is 11.2 Å². The van der Waals surface area contributed by atoms with Crippen molar-refractivity contribution in [2.24, 2.45) is 5.73 Å². The predicted molar refractivity (Wildman–Crippen MR) is 88.0 cm³/mol. The van der Waals surface area contributed by atoms with Crippen LogP contribution in [0.4, 0.5) is 0 Å². The lowest BCUT2D eigenvalue weighted by Gasteiger charge is -2.19. The molecule has 0 aliphatic carbocycles. The first-order valence-electron chi connectivity index (χ1n) is 7.28. The summed E-state index contributed by atoms with van der Waals surface area (Å²) in [7, 11) is 0. The molecular weight excluding hydrogens is 294 g/mol. The molecule has 2 aromatic rings. The standard InChI is InChI=1S/C18H21NO4/c1-11-9-14(5-6-15(11)20)23-16-7-4-13(8-12(16)2)10-18(3,19)17(21)22/h4-9,20H,10,19H2,1-3H3,(H,21,22). The quantitative estimate of drug-likeness (QED) is 0.788. The van der Waals surface area contributed by atoms with Gasteiger partial charge in [0.25, 0.3) is 0 Å². The number of carboxylic acid groups (broad SMARTS) is 1. The van der Waals surface area contributed by atoms with Crippen molar-refractivity contribution in [3.05, 3.63) is 53.1 Å². The number of hydrogen-bond donors (Lipinski definition) is 3. The molecule has 2 rings (SSSR count). The number of hydrogen-bond acceptors (Lipinski definition) is 4. The fourth-order valence-electron chi connectivity index (χ4n) is 2.25. The van der Waals surface area contributed by atoms with Gasteiger partial charge in [-0.3, -0.25) is 4.79 Å². The molecular formula is C18H21NO4. The van der Waals surface area contributed by atoms with Crippen molar-refractivity contribution in [1.29, 1.82) is 0 Å². The number of rotatable bonds is 5. The zero-order valence-corrected chi connectivity index (χ0v) is 13.5. The maximum absolute atomic E-state index is 11.1. The van der Waals surface area contributed by atoms with Crippen molar-refractivity contribution >= 4 is 5.97 Å². The molecule has 0 aliphatic heterocycles. The minimum Gasteiger partial charge on any atom is -0.508 e. The van der Waals surface area contributed by atoms with E-state index in [0.29, 0.717) is 11.5 Å². The molecule has 5 nitrogen and oxygen atoms in total. The minimum atomic E-state index is -1.30. The average Bonchev–Trinajstić information content (AvgIpc) is 2.45. The van der Waals surface area contributed by atoms with Crippen LogP contribution in [0.2, 0.25) is 0 Å². The van der Waals surface area contributed by atoms with Gasteiger partial charge in [-0.2, -0.15) is 0 Å². The van der Waals surface area contributed by atoms with Gasteiger partial charge in [-0.25, -0.2) is 0 Å². The van der Waals surface area contributed by atoms with Crippen LogP contribution in [0.5, 0.6) is 17.2 Å². The van der Waals surface area contributed by atoms with Crippen LogP contribution in [0.1, 0.15) is 23.6 Å². The molecule has 0 aliphatic rings. The second kappa shape index (κ2) is 6.30. The summed E-state index contributed by atoms with van der Waals surface area (Å²) in [6.07, 6.45) is 0.238. The molecule has 4 N–H and O–H groups in total. The lowest BCUT2D eigenvalue weighted by Crippen LogP contribution is -2.46. The summed E-state index contributed by atoms with van der Waals surface area (Å²) >= 11 is 0. The summed E-state index contributed by atoms with van der Waals surface area (Å²) in [5, 5.41) is 18.6. The number of benzene rings is 2. The Morgan fingerprint density at radius 3 is 2.43 bits per heavy atom. The average molecular weight is 315 g/mol. The van der Waals surface area contributed by atoms with Crippen LogP contribution in [0.3, 0.4) is 0 Å². The SMILES string of the molecule is Cc1cc(Oc2ccc(CC(C)(N)C(=O)O)cc2C)ccc1O. The van der Waals surface area contributed by atoms with Gasteiger partial charge in [-0.1, -0.05) is 12.1 Å². The maximum atomic E-state index is 11.1. The summed E-state index contributed by atoms with van der Waals surface area (Å²) < 4.78 is 5.82. The van der Waals surface area contributed by atoms with E-state index >= 15 is 0 Å². The Kier molecular flexibility index (Phi) is 4.61.